The molecule has 31 heavy (non-hydrogen) atoms. The quantitative estimate of drug-likeness (QED) is 0.503. The molecule has 160 valence electrons. The van der Waals surface area contributed by atoms with Crippen LogP contribution in [0.15, 0.2) is 47.3 Å². The fraction of sp³-hybridized carbons (Fsp3) is 0.261. The van der Waals surface area contributed by atoms with Crippen molar-refractivity contribution in [3.63, 3.8) is 0 Å². The topological polar surface area (TPSA) is 121 Å². The van der Waals surface area contributed by atoms with Crippen molar-refractivity contribution < 1.29 is 24.2 Å². The minimum Gasteiger partial charge on any atom is -0.493 e. The van der Waals surface area contributed by atoms with Crippen LogP contribution in [-0.4, -0.2) is 41.0 Å². The lowest BCUT2D eigenvalue weighted by molar-refractivity contribution is -0.140. The number of H-pyrrole nitrogens is 2. The third-order valence-electron chi connectivity index (χ3n) is 5.54. The zero-order chi connectivity index (χ0) is 22.0. The molecule has 0 aliphatic carbocycles. The molecule has 0 fully saturated rings. The predicted molar refractivity (Wildman–Crippen MR) is 112 cm³/mol. The number of aromatic carboxylic acids is 1. The van der Waals surface area contributed by atoms with E-state index in [1.807, 2.05) is 12.1 Å². The molecule has 1 atom stereocenters. The van der Waals surface area contributed by atoms with Crippen LogP contribution in [0.3, 0.4) is 0 Å². The highest BCUT2D eigenvalue weighted by Gasteiger charge is 2.26. The van der Waals surface area contributed by atoms with Crippen LogP contribution in [0.2, 0.25) is 0 Å². The number of ether oxygens (including phenoxy) is 2. The maximum atomic E-state index is 12.7. The summed E-state index contributed by atoms with van der Waals surface area (Å²) in [7, 11) is 1.29. The maximum absolute atomic E-state index is 12.7. The largest absolute Gasteiger partial charge is 0.493 e. The van der Waals surface area contributed by atoms with E-state index in [0.29, 0.717) is 29.8 Å². The summed E-state index contributed by atoms with van der Waals surface area (Å²) in [4.78, 5) is 36.0. The molecular formula is C23H22N2O6. The van der Waals surface area contributed by atoms with Crippen LogP contribution in [0.5, 0.6) is 5.75 Å². The Bertz CT molecular complexity index is 1180. The van der Waals surface area contributed by atoms with Crippen molar-refractivity contribution in [2.45, 2.75) is 25.2 Å². The Balaban J connectivity index is 1.71. The van der Waals surface area contributed by atoms with E-state index >= 15 is 0 Å². The van der Waals surface area contributed by atoms with Gasteiger partial charge in [-0.3, -0.25) is 14.7 Å². The van der Waals surface area contributed by atoms with Crippen molar-refractivity contribution in [1.29, 1.82) is 0 Å². The van der Waals surface area contributed by atoms with Crippen molar-refractivity contribution in [3.8, 4) is 5.75 Å². The molecule has 1 aliphatic rings. The predicted octanol–water partition coefficient (Wildman–Crippen LogP) is 2.62. The van der Waals surface area contributed by atoms with Crippen molar-refractivity contribution >= 4 is 11.9 Å². The summed E-state index contributed by atoms with van der Waals surface area (Å²) >= 11 is 0. The Morgan fingerprint density at radius 1 is 1.16 bits per heavy atom. The first-order valence-corrected chi connectivity index (χ1v) is 9.90. The molecule has 8 heteroatoms. The van der Waals surface area contributed by atoms with E-state index in [-0.39, 0.29) is 17.5 Å². The van der Waals surface area contributed by atoms with Crippen LogP contribution in [0.25, 0.3) is 0 Å². The summed E-state index contributed by atoms with van der Waals surface area (Å²) in [5, 5.41) is 14.7. The van der Waals surface area contributed by atoms with Gasteiger partial charge in [-0.15, -0.1) is 0 Å². The highest BCUT2D eigenvalue weighted by Crippen LogP contribution is 2.31. The highest BCUT2D eigenvalue weighted by molar-refractivity contribution is 5.87. The maximum Gasteiger partial charge on any atom is 0.335 e. The molecule has 0 saturated carbocycles. The first-order valence-electron chi connectivity index (χ1n) is 9.90. The van der Waals surface area contributed by atoms with E-state index < -0.39 is 17.9 Å². The van der Waals surface area contributed by atoms with Gasteiger partial charge in [-0.25, -0.2) is 4.79 Å². The SMILES string of the molecule is COC(=O)C[C@@H](c1ccc(C(=O)O)cc1)c1c(Cc2ccc3c(c2)CCO3)[nH][nH]c1=O. The molecule has 1 aliphatic heterocycles. The summed E-state index contributed by atoms with van der Waals surface area (Å²) in [6.07, 6.45) is 1.27. The van der Waals surface area contributed by atoms with Gasteiger partial charge in [0.1, 0.15) is 5.75 Å². The molecule has 3 aromatic rings. The van der Waals surface area contributed by atoms with Gasteiger partial charge in [0.25, 0.3) is 5.56 Å². The molecule has 0 unspecified atom stereocenters. The monoisotopic (exact) mass is 422 g/mol. The van der Waals surface area contributed by atoms with Gasteiger partial charge >= 0.3 is 11.9 Å². The number of fused-ring (bicyclic) bond motifs is 1. The van der Waals surface area contributed by atoms with Crippen LogP contribution in [0, 0.1) is 0 Å². The van der Waals surface area contributed by atoms with Crippen LogP contribution in [0.1, 0.15) is 50.6 Å². The van der Waals surface area contributed by atoms with Gasteiger partial charge in [0.15, 0.2) is 0 Å². The first-order chi connectivity index (χ1) is 15.0. The third kappa shape index (κ3) is 4.23. The van der Waals surface area contributed by atoms with E-state index in [0.717, 1.165) is 23.3 Å². The number of benzene rings is 2. The lowest BCUT2D eigenvalue weighted by Gasteiger charge is -2.17. The van der Waals surface area contributed by atoms with E-state index in [4.69, 9.17) is 14.6 Å². The number of nitrogens with one attached hydrogen (secondary N) is 2. The average Bonchev–Trinajstić information content (AvgIpc) is 3.38. The van der Waals surface area contributed by atoms with Crippen LogP contribution >= 0.6 is 0 Å². The zero-order valence-corrected chi connectivity index (χ0v) is 16.9. The van der Waals surface area contributed by atoms with E-state index in [1.165, 1.54) is 19.2 Å². The summed E-state index contributed by atoms with van der Waals surface area (Å²) in [6, 6.07) is 12.1. The van der Waals surface area contributed by atoms with Gasteiger partial charge in [0.2, 0.25) is 0 Å². The van der Waals surface area contributed by atoms with Gasteiger partial charge in [0, 0.05) is 30.0 Å². The first kappa shape index (κ1) is 20.5. The van der Waals surface area contributed by atoms with Crippen molar-refractivity contribution in [3.05, 3.63) is 86.3 Å². The number of carbonyl (C=O) groups is 2. The molecule has 2 aromatic carbocycles. The standard InChI is InChI=1S/C23H22N2O6/c1-30-20(26)12-17(14-3-5-15(6-4-14)23(28)29)21-18(24-25-22(21)27)11-13-2-7-19-16(10-13)8-9-31-19/h2-7,10,17H,8-9,11-12H2,1H3,(H,28,29)(H2,24,25,27)/t17-/m0/s1. The van der Waals surface area contributed by atoms with Gasteiger partial charge in [0.05, 0.1) is 25.7 Å². The molecule has 4 rings (SSSR count). The van der Waals surface area contributed by atoms with Gasteiger partial charge in [-0.2, -0.15) is 0 Å². The number of methoxy groups -OCH3 is 1. The summed E-state index contributed by atoms with van der Waals surface area (Å²) in [6.45, 7) is 0.665. The lowest BCUT2D eigenvalue weighted by Crippen LogP contribution is -2.18. The van der Waals surface area contributed by atoms with Crippen molar-refractivity contribution in [1.82, 2.24) is 10.2 Å². The number of carboxylic acid groups (broad SMARTS) is 1. The number of hydrogen-bond donors (Lipinski definition) is 3. The normalized spacial score (nSPS) is 13.3. The van der Waals surface area contributed by atoms with Crippen molar-refractivity contribution in [2.75, 3.05) is 13.7 Å². The van der Waals surface area contributed by atoms with Gasteiger partial charge in [-0.1, -0.05) is 24.3 Å². The number of carboxylic acids is 1. The molecule has 3 N–H and O–H groups in total. The zero-order valence-electron chi connectivity index (χ0n) is 16.9. The van der Waals surface area contributed by atoms with Gasteiger partial charge < -0.3 is 19.7 Å². The lowest BCUT2D eigenvalue weighted by atomic mass is 9.87. The Morgan fingerprint density at radius 3 is 2.65 bits per heavy atom. The molecule has 0 amide bonds. The molecule has 1 aromatic heterocycles. The number of aromatic nitrogens is 2. The Labute approximate surface area is 177 Å². The second kappa shape index (κ2) is 8.51. The van der Waals surface area contributed by atoms with Crippen LogP contribution in [-0.2, 0) is 22.4 Å². The fourth-order valence-electron chi connectivity index (χ4n) is 3.96. The molecular weight excluding hydrogens is 400 g/mol. The number of esters is 1. The number of carbonyl (C=O) groups excluding carboxylic acids is 1. The van der Waals surface area contributed by atoms with E-state index in [9.17, 15) is 14.4 Å². The number of aromatic amines is 2. The summed E-state index contributed by atoms with van der Waals surface area (Å²) < 4.78 is 10.4. The fourth-order valence-corrected chi connectivity index (χ4v) is 3.96. The minimum atomic E-state index is -1.04. The summed E-state index contributed by atoms with van der Waals surface area (Å²) in [5.74, 6) is -1.21. The summed E-state index contributed by atoms with van der Waals surface area (Å²) in [5.41, 5.74) is 3.71. The smallest absolute Gasteiger partial charge is 0.335 e. The third-order valence-corrected chi connectivity index (χ3v) is 5.54. The number of rotatable bonds is 7. The second-order valence-electron chi connectivity index (χ2n) is 7.45. The van der Waals surface area contributed by atoms with Crippen molar-refractivity contribution in [2.24, 2.45) is 0 Å². The van der Waals surface area contributed by atoms with Crippen LogP contribution < -0.4 is 10.3 Å². The molecule has 0 radical (unpaired) electrons. The van der Waals surface area contributed by atoms with Gasteiger partial charge in [-0.05, 0) is 34.9 Å². The minimum absolute atomic E-state index is 0.0467. The molecule has 8 nitrogen and oxygen atoms in total. The van der Waals surface area contributed by atoms with E-state index in [2.05, 4.69) is 16.3 Å². The van der Waals surface area contributed by atoms with Crippen LogP contribution in [0.4, 0.5) is 0 Å². The van der Waals surface area contributed by atoms with E-state index in [1.54, 1.807) is 12.1 Å². The molecule has 0 saturated heterocycles. The average molecular weight is 422 g/mol. The Morgan fingerprint density at radius 2 is 1.94 bits per heavy atom. The molecule has 0 bridgehead atoms. The Kier molecular flexibility index (Phi) is 5.62. The molecule has 2 heterocycles. The number of hydrogen-bond acceptors (Lipinski definition) is 5. The highest BCUT2D eigenvalue weighted by atomic mass is 16.5. The molecule has 0 spiro atoms. The Hall–Kier alpha value is -3.81. The second-order valence-corrected chi connectivity index (χ2v) is 7.45.